The van der Waals surface area contributed by atoms with E-state index in [1.807, 2.05) is 19.0 Å². The molecule has 1 N–H and O–H groups in total. The Hall–Kier alpha value is -1.32. The second kappa shape index (κ2) is 8.07. The Morgan fingerprint density at radius 2 is 2.03 bits per heavy atom. The first kappa shape index (κ1) is 20.9. The number of likely N-dealkylation sites (N-methyl/N-ethyl adjacent to an activating group) is 1. The topological polar surface area (TPSA) is 40.6 Å². The molecule has 29 heavy (non-hydrogen) atoms. The highest BCUT2D eigenvalue weighted by atomic mass is 35.5. The van der Waals surface area contributed by atoms with E-state index in [1.54, 1.807) is 6.07 Å². The van der Waals surface area contributed by atoms with E-state index in [1.165, 1.54) is 18.2 Å². The Labute approximate surface area is 182 Å². The molecule has 3 heterocycles. The normalized spacial score (nSPS) is 20.4. The van der Waals surface area contributed by atoms with Crippen LogP contribution in [0.4, 0.5) is 20.3 Å². The summed E-state index contributed by atoms with van der Waals surface area (Å²) in [6, 6.07) is 5.99. The first-order chi connectivity index (χ1) is 13.8. The summed E-state index contributed by atoms with van der Waals surface area (Å²) >= 11 is 13.7. The van der Waals surface area contributed by atoms with Gasteiger partial charge in [-0.2, -0.15) is 4.39 Å². The van der Waals surface area contributed by atoms with Crippen LogP contribution in [-0.4, -0.2) is 55.3 Å². The lowest BCUT2D eigenvalue weighted by Crippen LogP contribution is -2.69. The molecule has 1 aromatic heterocycles. The van der Waals surface area contributed by atoms with Crippen molar-refractivity contribution in [3.05, 3.63) is 46.1 Å². The number of pyridine rings is 1. The molecule has 10 heteroatoms. The molecule has 1 unspecified atom stereocenters. The largest absolute Gasteiger partial charge is 0.370 e. The van der Waals surface area contributed by atoms with Gasteiger partial charge in [0.15, 0.2) is 0 Å². The second-order valence-corrected chi connectivity index (χ2v) is 8.99. The number of hydrogen-bond donors (Lipinski definition) is 1. The van der Waals surface area contributed by atoms with Gasteiger partial charge in [-0.25, -0.2) is 9.37 Å². The fraction of sp³-hybridized carbons (Fsp3) is 0.421. The van der Waals surface area contributed by atoms with E-state index in [4.69, 9.17) is 27.9 Å². The number of nitrogens with zero attached hydrogens (tertiary/aromatic N) is 3. The maximum Gasteiger partial charge on any atom is 0.214 e. The van der Waals surface area contributed by atoms with Gasteiger partial charge in [0, 0.05) is 18.7 Å². The summed E-state index contributed by atoms with van der Waals surface area (Å²) in [5, 5.41) is 0.381. The van der Waals surface area contributed by atoms with Crippen LogP contribution in [0.25, 0.3) is 0 Å². The molecule has 5 nitrogen and oxygen atoms in total. The number of nitrogens with one attached hydrogen (secondary N) is 1. The molecule has 0 saturated carbocycles. The maximum atomic E-state index is 14.8. The fourth-order valence-electron chi connectivity index (χ4n) is 3.99. The average molecular weight is 461 g/mol. The van der Waals surface area contributed by atoms with Gasteiger partial charge in [0.2, 0.25) is 5.95 Å². The summed E-state index contributed by atoms with van der Waals surface area (Å²) in [6.45, 7) is 1.97. The van der Waals surface area contributed by atoms with Crippen molar-refractivity contribution in [3.63, 3.8) is 0 Å². The van der Waals surface area contributed by atoms with Gasteiger partial charge in [-0.05, 0) is 44.6 Å². The molecular weight excluding hydrogens is 441 g/mol. The van der Waals surface area contributed by atoms with Crippen LogP contribution in [0, 0.1) is 11.8 Å². The highest BCUT2D eigenvalue weighted by Crippen LogP contribution is 2.46. The Bertz CT molecular complexity index is 927. The Morgan fingerprint density at radius 3 is 2.72 bits per heavy atom. The summed E-state index contributed by atoms with van der Waals surface area (Å²) in [4.78, 5) is 7.96. The van der Waals surface area contributed by atoms with Crippen molar-refractivity contribution < 1.29 is 13.5 Å². The van der Waals surface area contributed by atoms with E-state index in [9.17, 15) is 8.78 Å². The first-order valence-corrected chi connectivity index (χ1v) is 10.7. The highest BCUT2D eigenvalue weighted by Gasteiger charge is 2.54. The number of ether oxygens (including phenoxy) is 1. The minimum Gasteiger partial charge on any atom is -0.370 e. The molecule has 2 fully saturated rings. The lowest BCUT2D eigenvalue weighted by atomic mass is 9.85. The van der Waals surface area contributed by atoms with E-state index < -0.39 is 11.8 Å². The SMILES string of the molecule is CN(C)C1CCOC12CN(c1cc(F)c(SNc3cccc(F)n3)c(Cl)c1Cl)C2. The summed E-state index contributed by atoms with van der Waals surface area (Å²) in [5.74, 6) is -0.892. The minimum absolute atomic E-state index is 0.105. The second-order valence-electron chi connectivity index (χ2n) is 7.42. The van der Waals surface area contributed by atoms with Crippen LogP contribution in [0.2, 0.25) is 10.0 Å². The molecule has 2 saturated heterocycles. The van der Waals surface area contributed by atoms with Crippen molar-refractivity contribution in [1.82, 2.24) is 9.88 Å². The summed E-state index contributed by atoms with van der Waals surface area (Å²) in [6.07, 6.45) is 0.971. The molecule has 1 atom stereocenters. The Morgan fingerprint density at radius 1 is 1.28 bits per heavy atom. The van der Waals surface area contributed by atoms with Crippen molar-refractivity contribution in [2.75, 3.05) is 43.4 Å². The number of rotatable bonds is 5. The van der Waals surface area contributed by atoms with Crippen molar-refractivity contribution in [2.45, 2.75) is 23.0 Å². The first-order valence-electron chi connectivity index (χ1n) is 9.09. The summed E-state index contributed by atoms with van der Waals surface area (Å²) < 4.78 is 36.8. The van der Waals surface area contributed by atoms with Crippen LogP contribution >= 0.6 is 35.1 Å². The van der Waals surface area contributed by atoms with E-state index in [0.717, 1.165) is 25.0 Å². The zero-order chi connectivity index (χ0) is 20.8. The number of hydrogen-bond acceptors (Lipinski definition) is 6. The number of anilines is 2. The lowest BCUT2D eigenvalue weighted by molar-refractivity contribution is -0.0507. The molecule has 1 aromatic carbocycles. The van der Waals surface area contributed by atoms with Gasteiger partial charge >= 0.3 is 0 Å². The van der Waals surface area contributed by atoms with E-state index in [0.29, 0.717) is 24.8 Å². The van der Waals surface area contributed by atoms with E-state index >= 15 is 0 Å². The predicted octanol–water partition coefficient (Wildman–Crippen LogP) is 4.70. The molecule has 0 amide bonds. The van der Waals surface area contributed by atoms with Crippen LogP contribution in [0.1, 0.15) is 6.42 Å². The van der Waals surface area contributed by atoms with Gasteiger partial charge in [-0.15, -0.1) is 0 Å². The van der Waals surface area contributed by atoms with E-state index in [2.05, 4.69) is 14.6 Å². The zero-order valence-electron chi connectivity index (χ0n) is 15.9. The van der Waals surface area contributed by atoms with Crippen molar-refractivity contribution in [3.8, 4) is 0 Å². The molecule has 1 spiro atoms. The van der Waals surface area contributed by atoms with Crippen molar-refractivity contribution >= 4 is 46.7 Å². The van der Waals surface area contributed by atoms with Crippen LogP contribution < -0.4 is 9.62 Å². The predicted molar refractivity (Wildman–Crippen MR) is 113 cm³/mol. The zero-order valence-corrected chi connectivity index (χ0v) is 18.2. The molecule has 2 aromatic rings. The molecule has 2 aliphatic heterocycles. The standard InChI is InChI=1S/C19H20Cl2F2N4OS/c1-26(2)13-6-7-28-19(13)9-27(10-19)12-8-11(22)18(17(21)16(12)20)29-25-15-5-3-4-14(23)24-15/h3-5,8,13H,6-7,9-10H2,1-2H3,(H,24,25). The van der Waals surface area contributed by atoms with Crippen LogP contribution in [0.3, 0.4) is 0 Å². The summed E-state index contributed by atoms with van der Waals surface area (Å²) in [7, 11) is 4.08. The fourth-order valence-corrected chi connectivity index (χ4v) is 5.29. The van der Waals surface area contributed by atoms with E-state index in [-0.39, 0.29) is 26.4 Å². The third-order valence-corrected chi connectivity index (χ3v) is 7.22. The maximum absolute atomic E-state index is 14.8. The van der Waals surface area contributed by atoms with Gasteiger partial charge in [-0.3, -0.25) is 0 Å². The molecule has 0 bridgehead atoms. The average Bonchev–Trinajstić information content (AvgIpc) is 3.09. The quantitative estimate of drug-likeness (QED) is 0.396. The van der Waals surface area contributed by atoms with Crippen molar-refractivity contribution in [2.24, 2.45) is 0 Å². The molecular formula is C19H20Cl2F2N4OS. The van der Waals surface area contributed by atoms with Gasteiger partial charge in [0.25, 0.3) is 0 Å². The minimum atomic E-state index is -0.632. The molecule has 4 rings (SSSR count). The number of benzene rings is 1. The van der Waals surface area contributed by atoms with Crippen LogP contribution in [0.15, 0.2) is 29.2 Å². The Kier molecular flexibility index (Phi) is 5.83. The molecule has 2 aliphatic rings. The van der Waals surface area contributed by atoms with Gasteiger partial charge in [0.05, 0.1) is 33.7 Å². The lowest BCUT2D eigenvalue weighted by Gasteiger charge is -2.52. The third kappa shape index (κ3) is 3.88. The van der Waals surface area contributed by atoms with Crippen molar-refractivity contribution in [1.29, 1.82) is 0 Å². The summed E-state index contributed by atoms with van der Waals surface area (Å²) in [5.41, 5.74) is 0.286. The third-order valence-electron chi connectivity index (χ3n) is 5.34. The highest BCUT2D eigenvalue weighted by molar-refractivity contribution is 8.00. The molecule has 0 radical (unpaired) electrons. The smallest absolute Gasteiger partial charge is 0.214 e. The number of aromatic nitrogens is 1. The van der Waals surface area contributed by atoms with Gasteiger partial charge < -0.3 is 19.3 Å². The monoisotopic (exact) mass is 460 g/mol. The molecule has 156 valence electrons. The van der Waals surface area contributed by atoms with Crippen LogP contribution in [-0.2, 0) is 4.74 Å². The van der Waals surface area contributed by atoms with Gasteiger partial charge in [-0.1, -0.05) is 29.3 Å². The van der Waals surface area contributed by atoms with Gasteiger partial charge in [0.1, 0.15) is 17.2 Å². The Balaban J connectivity index is 1.51. The molecule has 0 aliphatic carbocycles. The number of halogens is 4. The van der Waals surface area contributed by atoms with Crippen LogP contribution in [0.5, 0.6) is 0 Å².